The normalized spacial score (nSPS) is 22.2. The number of rotatable bonds is 8. The molecule has 2 saturated heterocycles. The maximum Gasteiger partial charge on any atom is 0.229 e. The maximum absolute atomic E-state index is 6.03. The van der Waals surface area contributed by atoms with Crippen LogP contribution >= 0.6 is 11.8 Å². The van der Waals surface area contributed by atoms with E-state index in [-0.39, 0.29) is 12.3 Å². The van der Waals surface area contributed by atoms with Crippen LogP contribution < -0.4 is 15.5 Å². The Balaban J connectivity index is 1.17. The largest absolute Gasteiger partial charge is 0.356 e. The van der Waals surface area contributed by atoms with Crippen molar-refractivity contribution in [1.82, 2.24) is 15.3 Å². The molecule has 3 unspecified atom stereocenters. The van der Waals surface area contributed by atoms with Crippen LogP contribution in [-0.2, 0) is 11.3 Å². The number of anilines is 3. The molecule has 3 heterocycles. The summed E-state index contributed by atoms with van der Waals surface area (Å²) < 4.78 is 6.03. The van der Waals surface area contributed by atoms with Crippen LogP contribution in [0.4, 0.5) is 17.5 Å². The second-order valence-corrected chi connectivity index (χ2v) is 9.71. The number of thioether (sulfide) groups is 1. The van der Waals surface area contributed by atoms with E-state index < -0.39 is 0 Å². The number of hydrogen-bond donors (Lipinski definition) is 2. The van der Waals surface area contributed by atoms with Gasteiger partial charge in [-0.15, -0.1) is 11.8 Å². The number of aromatic nitrogens is 2. The van der Waals surface area contributed by atoms with E-state index in [1.165, 1.54) is 22.4 Å². The van der Waals surface area contributed by atoms with Crippen molar-refractivity contribution >= 4 is 29.2 Å². The third kappa shape index (κ3) is 5.66. The molecule has 33 heavy (non-hydrogen) atoms. The Hall–Kier alpha value is -2.61. The Kier molecular flexibility index (Phi) is 6.80. The molecule has 0 saturated carbocycles. The van der Waals surface area contributed by atoms with Crippen LogP contribution in [0.5, 0.6) is 0 Å². The first-order chi connectivity index (χ1) is 16.2. The number of nitrogens with one attached hydrogen (secondary N) is 2. The van der Waals surface area contributed by atoms with Gasteiger partial charge in [-0.2, -0.15) is 4.98 Å². The standard InChI is InChI=1S/C26H31N5OS/c1-18-8-10-19(11-9-18)16-28-25-24(32-25)20-5-4-14-31(17-20)23-12-13-27-26(30-23)29-21-6-3-7-22(15-21)33-2/h3,6-13,15,20,24-25,28H,4-5,14,16-17H2,1-2H3,(H,27,29,30). The number of hydrogen-bond acceptors (Lipinski definition) is 7. The number of aryl methyl sites for hydroxylation is 1. The Bertz CT molecular complexity index is 1080. The van der Waals surface area contributed by atoms with Crippen LogP contribution in [-0.4, -0.2) is 41.6 Å². The smallest absolute Gasteiger partial charge is 0.229 e. The molecule has 2 aliphatic heterocycles. The third-order valence-corrected chi connectivity index (χ3v) is 7.09. The minimum absolute atomic E-state index is 0.155. The number of benzene rings is 2. The van der Waals surface area contributed by atoms with Crippen LogP contribution in [0.15, 0.2) is 65.7 Å². The van der Waals surface area contributed by atoms with Gasteiger partial charge >= 0.3 is 0 Å². The lowest BCUT2D eigenvalue weighted by atomic mass is 9.94. The van der Waals surface area contributed by atoms with Crippen LogP contribution in [0, 0.1) is 12.8 Å². The predicted octanol–water partition coefficient (Wildman–Crippen LogP) is 4.98. The summed E-state index contributed by atoms with van der Waals surface area (Å²) in [5.41, 5.74) is 3.59. The van der Waals surface area contributed by atoms with E-state index in [0.29, 0.717) is 11.9 Å². The molecule has 2 N–H and O–H groups in total. The molecule has 3 aromatic rings. The third-order valence-electron chi connectivity index (χ3n) is 6.37. The van der Waals surface area contributed by atoms with Gasteiger partial charge in [0.25, 0.3) is 0 Å². The lowest BCUT2D eigenvalue weighted by Gasteiger charge is -2.33. The fourth-order valence-corrected chi connectivity index (χ4v) is 4.93. The average Bonchev–Trinajstić information content (AvgIpc) is 3.64. The number of nitrogens with zero attached hydrogens (tertiary/aromatic N) is 3. The summed E-state index contributed by atoms with van der Waals surface area (Å²) in [5.74, 6) is 2.12. The lowest BCUT2D eigenvalue weighted by molar-refractivity contribution is 0.281. The highest BCUT2D eigenvalue weighted by Gasteiger charge is 2.45. The van der Waals surface area contributed by atoms with Gasteiger partial charge in [-0.3, -0.25) is 5.32 Å². The molecule has 0 spiro atoms. The Morgan fingerprint density at radius 1 is 1.15 bits per heavy atom. The second-order valence-electron chi connectivity index (χ2n) is 8.83. The van der Waals surface area contributed by atoms with Crippen molar-refractivity contribution in [3.8, 4) is 0 Å². The zero-order chi connectivity index (χ0) is 22.6. The van der Waals surface area contributed by atoms with Crippen LogP contribution in [0.2, 0.25) is 0 Å². The van der Waals surface area contributed by atoms with Gasteiger partial charge in [0, 0.05) is 42.3 Å². The van der Waals surface area contributed by atoms with E-state index >= 15 is 0 Å². The molecule has 0 bridgehead atoms. The monoisotopic (exact) mass is 461 g/mol. The molecule has 7 heteroatoms. The van der Waals surface area contributed by atoms with Gasteiger partial charge in [0.05, 0.1) is 0 Å². The van der Waals surface area contributed by atoms with Crippen molar-refractivity contribution in [3.63, 3.8) is 0 Å². The van der Waals surface area contributed by atoms with Gasteiger partial charge in [-0.25, -0.2) is 4.98 Å². The fourth-order valence-electron chi connectivity index (χ4n) is 4.47. The van der Waals surface area contributed by atoms with Crippen molar-refractivity contribution in [1.29, 1.82) is 0 Å². The molecule has 0 radical (unpaired) electrons. The van der Waals surface area contributed by atoms with E-state index in [9.17, 15) is 0 Å². The van der Waals surface area contributed by atoms with E-state index in [1.54, 1.807) is 11.8 Å². The summed E-state index contributed by atoms with van der Waals surface area (Å²) in [7, 11) is 0. The highest BCUT2D eigenvalue weighted by Crippen LogP contribution is 2.35. The molecular formula is C26H31N5OS. The van der Waals surface area contributed by atoms with E-state index in [4.69, 9.17) is 9.72 Å². The second kappa shape index (κ2) is 10.1. The summed E-state index contributed by atoms with van der Waals surface area (Å²) in [5, 5.41) is 6.91. The molecule has 1 aromatic heterocycles. The zero-order valence-corrected chi connectivity index (χ0v) is 20.0. The van der Waals surface area contributed by atoms with Crippen LogP contribution in [0.3, 0.4) is 0 Å². The van der Waals surface area contributed by atoms with Crippen molar-refractivity contribution in [2.24, 2.45) is 5.92 Å². The fraction of sp³-hybridized carbons (Fsp3) is 0.385. The van der Waals surface area contributed by atoms with Crippen molar-refractivity contribution in [3.05, 3.63) is 71.9 Å². The Labute approximate surface area is 200 Å². The van der Waals surface area contributed by atoms with Gasteiger partial charge in [0.15, 0.2) is 0 Å². The first-order valence-electron chi connectivity index (χ1n) is 11.6. The van der Waals surface area contributed by atoms with Gasteiger partial charge in [-0.05, 0) is 55.9 Å². The zero-order valence-electron chi connectivity index (χ0n) is 19.2. The van der Waals surface area contributed by atoms with Gasteiger partial charge < -0.3 is 15.0 Å². The summed E-state index contributed by atoms with van der Waals surface area (Å²) in [4.78, 5) is 12.8. The highest BCUT2D eigenvalue weighted by atomic mass is 32.2. The van der Waals surface area contributed by atoms with Gasteiger partial charge in [0.1, 0.15) is 18.1 Å². The summed E-state index contributed by atoms with van der Waals surface area (Å²) in [6.07, 6.45) is 6.70. The lowest BCUT2D eigenvalue weighted by Crippen LogP contribution is -2.39. The molecule has 3 atom stereocenters. The molecule has 2 aromatic carbocycles. The van der Waals surface area contributed by atoms with Crippen molar-refractivity contribution < 1.29 is 4.74 Å². The highest BCUT2D eigenvalue weighted by molar-refractivity contribution is 7.98. The summed E-state index contributed by atoms with van der Waals surface area (Å²) in [6.45, 7) is 4.94. The molecule has 172 valence electrons. The molecule has 2 fully saturated rings. The molecular weight excluding hydrogens is 430 g/mol. The first kappa shape index (κ1) is 22.2. The predicted molar refractivity (Wildman–Crippen MR) is 135 cm³/mol. The summed E-state index contributed by atoms with van der Waals surface area (Å²) >= 11 is 1.72. The number of ether oxygens (including phenoxy) is 1. The Morgan fingerprint density at radius 2 is 2.03 bits per heavy atom. The Morgan fingerprint density at radius 3 is 2.88 bits per heavy atom. The quantitative estimate of drug-likeness (QED) is 0.362. The van der Waals surface area contributed by atoms with Crippen LogP contribution in [0.1, 0.15) is 24.0 Å². The molecule has 0 amide bonds. The van der Waals surface area contributed by atoms with Gasteiger partial charge in [-0.1, -0.05) is 35.9 Å². The van der Waals surface area contributed by atoms with Crippen molar-refractivity contribution in [2.75, 3.05) is 29.6 Å². The molecule has 6 nitrogen and oxygen atoms in total. The van der Waals surface area contributed by atoms with Crippen molar-refractivity contribution in [2.45, 2.75) is 43.5 Å². The molecule has 2 aliphatic rings. The van der Waals surface area contributed by atoms with E-state index in [1.807, 2.05) is 24.4 Å². The minimum Gasteiger partial charge on any atom is -0.356 e. The topological polar surface area (TPSA) is 65.6 Å². The number of epoxide rings is 1. The van der Waals surface area contributed by atoms with E-state index in [0.717, 1.165) is 37.6 Å². The first-order valence-corrected chi connectivity index (χ1v) is 12.8. The maximum atomic E-state index is 6.03. The SMILES string of the molecule is CSc1cccc(Nc2nccc(N3CCCC(C4OC4NCc4ccc(C)cc4)C3)n2)c1. The minimum atomic E-state index is 0.155. The van der Waals surface area contributed by atoms with Gasteiger partial charge in [0.2, 0.25) is 5.95 Å². The number of piperidine rings is 1. The van der Waals surface area contributed by atoms with E-state index in [2.05, 4.69) is 70.1 Å². The molecule has 5 rings (SSSR count). The average molecular weight is 462 g/mol. The molecule has 0 aliphatic carbocycles. The van der Waals surface area contributed by atoms with Crippen LogP contribution in [0.25, 0.3) is 0 Å². The summed E-state index contributed by atoms with van der Waals surface area (Å²) in [6, 6.07) is 19.0.